The first-order chi connectivity index (χ1) is 12.1. The molecule has 0 radical (unpaired) electrons. The standard InChI is InChI=1S/C20H30N4OS/c1-19(2,3)15-9-14(10-16(11-15)20(4,5)6)17-21-22-18-24(17)12-23(7-8-25)13-26-18/h9-11,25H,7-8,12-13H2,1-6H3. The van der Waals surface area contributed by atoms with Gasteiger partial charge in [-0.25, -0.2) is 0 Å². The van der Waals surface area contributed by atoms with Gasteiger partial charge in [-0.15, -0.1) is 10.2 Å². The molecule has 6 heteroatoms. The summed E-state index contributed by atoms with van der Waals surface area (Å²) in [6, 6.07) is 6.83. The Morgan fingerprint density at radius 2 is 1.62 bits per heavy atom. The van der Waals surface area contributed by atoms with Crippen molar-refractivity contribution in [2.45, 2.75) is 64.2 Å². The normalized spacial score (nSPS) is 16.0. The summed E-state index contributed by atoms with van der Waals surface area (Å²) in [4.78, 5) is 2.21. The summed E-state index contributed by atoms with van der Waals surface area (Å²) in [7, 11) is 0. The van der Waals surface area contributed by atoms with Crippen LogP contribution in [0.4, 0.5) is 0 Å². The lowest BCUT2D eigenvalue weighted by Crippen LogP contribution is -2.32. The third-order valence-electron chi connectivity index (χ3n) is 4.77. The fourth-order valence-electron chi connectivity index (χ4n) is 3.03. The maximum Gasteiger partial charge on any atom is 0.193 e. The molecule has 1 aromatic carbocycles. The molecule has 2 aromatic rings. The van der Waals surface area contributed by atoms with Crippen LogP contribution < -0.4 is 0 Å². The highest BCUT2D eigenvalue weighted by molar-refractivity contribution is 7.99. The Hall–Kier alpha value is -1.37. The van der Waals surface area contributed by atoms with Crippen LogP contribution in [0, 0.1) is 0 Å². The van der Waals surface area contributed by atoms with E-state index in [0.717, 1.165) is 29.1 Å². The van der Waals surface area contributed by atoms with Gasteiger partial charge in [0.2, 0.25) is 0 Å². The molecular formula is C20H30N4OS. The monoisotopic (exact) mass is 374 g/mol. The topological polar surface area (TPSA) is 54.2 Å². The number of benzene rings is 1. The second kappa shape index (κ2) is 6.98. The average molecular weight is 375 g/mol. The Labute approximate surface area is 160 Å². The van der Waals surface area contributed by atoms with E-state index in [1.54, 1.807) is 11.8 Å². The summed E-state index contributed by atoms with van der Waals surface area (Å²) in [5, 5.41) is 19.1. The van der Waals surface area contributed by atoms with Crippen molar-refractivity contribution >= 4 is 11.8 Å². The number of β-amino-alcohol motifs (C(OH)–C–C–N with tert-alkyl or cyclic N) is 1. The summed E-state index contributed by atoms with van der Waals surface area (Å²) < 4.78 is 2.16. The van der Waals surface area contributed by atoms with Crippen LogP contribution in [0.1, 0.15) is 52.7 Å². The number of aliphatic hydroxyl groups is 1. The summed E-state index contributed by atoms with van der Waals surface area (Å²) in [5.41, 5.74) is 3.88. The lowest BCUT2D eigenvalue weighted by atomic mass is 9.79. The molecule has 0 bridgehead atoms. The predicted octanol–water partition coefficient (Wildman–Crippen LogP) is 3.86. The second-order valence-electron chi connectivity index (χ2n) is 9.07. The minimum Gasteiger partial charge on any atom is -0.395 e. The summed E-state index contributed by atoms with van der Waals surface area (Å²) in [5.74, 6) is 1.75. The molecule has 1 N–H and O–H groups in total. The fourth-order valence-corrected chi connectivity index (χ4v) is 3.93. The van der Waals surface area contributed by atoms with Crippen molar-refractivity contribution in [2.24, 2.45) is 0 Å². The largest absolute Gasteiger partial charge is 0.395 e. The SMILES string of the molecule is CC(C)(C)c1cc(-c2nnc3n2CN(CCO)CS3)cc(C(C)(C)C)c1. The average Bonchev–Trinajstić information content (AvgIpc) is 2.96. The van der Waals surface area contributed by atoms with Gasteiger partial charge in [-0.3, -0.25) is 9.47 Å². The van der Waals surface area contributed by atoms with Gasteiger partial charge in [-0.2, -0.15) is 0 Å². The van der Waals surface area contributed by atoms with Gasteiger partial charge in [0.1, 0.15) is 0 Å². The van der Waals surface area contributed by atoms with E-state index in [1.165, 1.54) is 11.1 Å². The zero-order valence-corrected chi connectivity index (χ0v) is 17.5. The molecule has 0 spiro atoms. The van der Waals surface area contributed by atoms with Crippen LogP contribution >= 0.6 is 11.8 Å². The molecule has 142 valence electrons. The highest BCUT2D eigenvalue weighted by Crippen LogP contribution is 2.35. The highest BCUT2D eigenvalue weighted by Gasteiger charge is 2.25. The number of aromatic nitrogens is 3. The maximum absolute atomic E-state index is 9.26. The van der Waals surface area contributed by atoms with E-state index in [4.69, 9.17) is 0 Å². The van der Waals surface area contributed by atoms with Crippen molar-refractivity contribution in [3.8, 4) is 11.4 Å². The Kier molecular flexibility index (Phi) is 5.21. The van der Waals surface area contributed by atoms with Crippen molar-refractivity contribution in [3.63, 3.8) is 0 Å². The lowest BCUT2D eigenvalue weighted by molar-refractivity contribution is 0.178. The summed E-state index contributed by atoms with van der Waals surface area (Å²) in [6.45, 7) is 15.0. The van der Waals surface area contributed by atoms with Crippen molar-refractivity contribution in [1.82, 2.24) is 19.7 Å². The van der Waals surface area contributed by atoms with Crippen LogP contribution in [0.15, 0.2) is 23.4 Å². The van der Waals surface area contributed by atoms with Crippen molar-refractivity contribution in [1.29, 1.82) is 0 Å². The van der Waals surface area contributed by atoms with Gasteiger partial charge in [0.25, 0.3) is 0 Å². The molecule has 0 aliphatic carbocycles. The molecule has 0 saturated heterocycles. The zero-order chi connectivity index (χ0) is 19.1. The smallest absolute Gasteiger partial charge is 0.193 e. The summed E-state index contributed by atoms with van der Waals surface area (Å²) >= 11 is 1.68. The molecular weight excluding hydrogens is 344 g/mol. The Bertz CT molecular complexity index is 754. The van der Waals surface area contributed by atoms with E-state index < -0.39 is 0 Å². The van der Waals surface area contributed by atoms with Crippen LogP contribution in [0.3, 0.4) is 0 Å². The molecule has 0 unspecified atom stereocenters. The Morgan fingerprint density at radius 1 is 1.00 bits per heavy atom. The molecule has 5 nitrogen and oxygen atoms in total. The Balaban J connectivity index is 2.09. The van der Waals surface area contributed by atoms with E-state index in [1.807, 2.05) is 0 Å². The molecule has 1 aliphatic heterocycles. The molecule has 0 fully saturated rings. The third-order valence-corrected chi connectivity index (χ3v) is 5.83. The van der Waals surface area contributed by atoms with Gasteiger partial charge in [-0.05, 0) is 34.1 Å². The molecule has 1 aliphatic rings. The van der Waals surface area contributed by atoms with E-state index in [2.05, 4.69) is 79.4 Å². The van der Waals surface area contributed by atoms with Gasteiger partial charge in [0, 0.05) is 12.1 Å². The molecule has 0 saturated carbocycles. The number of aliphatic hydroxyl groups excluding tert-OH is 1. The first-order valence-electron chi connectivity index (χ1n) is 9.15. The predicted molar refractivity (Wildman–Crippen MR) is 107 cm³/mol. The van der Waals surface area contributed by atoms with Crippen LogP contribution in [-0.4, -0.2) is 43.8 Å². The second-order valence-corrected chi connectivity index (χ2v) is 9.98. The van der Waals surface area contributed by atoms with Crippen molar-refractivity contribution in [3.05, 3.63) is 29.3 Å². The van der Waals surface area contributed by atoms with Crippen molar-refractivity contribution < 1.29 is 5.11 Å². The van der Waals surface area contributed by atoms with Crippen molar-refractivity contribution in [2.75, 3.05) is 19.0 Å². The molecule has 1 aromatic heterocycles. The molecule has 26 heavy (non-hydrogen) atoms. The molecule has 2 heterocycles. The van der Waals surface area contributed by atoms with Crippen LogP contribution in [0.25, 0.3) is 11.4 Å². The lowest BCUT2D eigenvalue weighted by Gasteiger charge is -2.28. The van der Waals surface area contributed by atoms with E-state index in [0.29, 0.717) is 6.54 Å². The molecule has 0 amide bonds. The van der Waals surface area contributed by atoms with Gasteiger partial charge in [-0.1, -0.05) is 59.4 Å². The van der Waals surface area contributed by atoms with Gasteiger partial charge in [0.15, 0.2) is 11.0 Å². The molecule has 3 rings (SSSR count). The first kappa shape index (κ1) is 19.4. The van der Waals surface area contributed by atoms with Gasteiger partial charge < -0.3 is 5.11 Å². The van der Waals surface area contributed by atoms with Gasteiger partial charge in [0.05, 0.1) is 19.2 Å². The minimum atomic E-state index is 0.0679. The molecule has 0 atom stereocenters. The quantitative estimate of drug-likeness (QED) is 0.884. The van der Waals surface area contributed by atoms with Crippen LogP contribution in [0.2, 0.25) is 0 Å². The van der Waals surface area contributed by atoms with E-state index in [9.17, 15) is 5.11 Å². The number of rotatable bonds is 3. The van der Waals surface area contributed by atoms with E-state index in [-0.39, 0.29) is 17.4 Å². The third kappa shape index (κ3) is 3.97. The Morgan fingerprint density at radius 3 is 2.15 bits per heavy atom. The fraction of sp³-hybridized carbons (Fsp3) is 0.600. The van der Waals surface area contributed by atoms with Crippen LogP contribution in [-0.2, 0) is 17.5 Å². The minimum absolute atomic E-state index is 0.0679. The van der Waals surface area contributed by atoms with Gasteiger partial charge >= 0.3 is 0 Å². The number of hydrogen-bond acceptors (Lipinski definition) is 5. The van der Waals surface area contributed by atoms with E-state index >= 15 is 0 Å². The number of nitrogens with zero attached hydrogens (tertiary/aromatic N) is 4. The number of thioether (sulfide) groups is 1. The number of hydrogen-bond donors (Lipinski definition) is 1. The zero-order valence-electron chi connectivity index (χ0n) is 16.7. The number of fused-ring (bicyclic) bond motifs is 1. The summed E-state index contributed by atoms with van der Waals surface area (Å²) in [6.07, 6.45) is 0. The first-order valence-corrected chi connectivity index (χ1v) is 10.1. The highest BCUT2D eigenvalue weighted by atomic mass is 32.2. The maximum atomic E-state index is 9.26. The van der Waals surface area contributed by atoms with Crippen LogP contribution in [0.5, 0.6) is 0 Å².